The third-order valence-electron chi connectivity index (χ3n) is 3.69. The van der Waals surface area contributed by atoms with E-state index in [2.05, 4.69) is 5.32 Å². The summed E-state index contributed by atoms with van der Waals surface area (Å²) in [7, 11) is 0. The third kappa shape index (κ3) is 2.97. The van der Waals surface area contributed by atoms with Crippen LogP contribution in [-0.4, -0.2) is 47.6 Å². The van der Waals surface area contributed by atoms with E-state index in [0.717, 1.165) is 32.2 Å². The number of hydrogen-bond acceptors (Lipinski definition) is 3. The number of carboxylic acids is 1. The van der Waals surface area contributed by atoms with Crippen LogP contribution in [0.3, 0.4) is 0 Å². The monoisotopic (exact) mass is 240 g/mol. The second-order valence-electron chi connectivity index (χ2n) is 4.96. The predicted molar refractivity (Wildman–Crippen MR) is 62.6 cm³/mol. The first-order valence-electron chi connectivity index (χ1n) is 6.43. The third-order valence-corrected chi connectivity index (χ3v) is 3.69. The molecule has 1 amide bonds. The molecule has 2 aliphatic heterocycles. The Labute approximate surface area is 101 Å². The molecular weight excluding hydrogens is 220 g/mol. The van der Waals surface area contributed by atoms with Crippen LogP contribution in [-0.2, 0) is 9.59 Å². The molecule has 0 aromatic carbocycles. The Balaban J connectivity index is 1.91. The zero-order valence-corrected chi connectivity index (χ0v) is 10.0. The lowest BCUT2D eigenvalue weighted by Crippen LogP contribution is -2.52. The summed E-state index contributed by atoms with van der Waals surface area (Å²) >= 11 is 0. The van der Waals surface area contributed by atoms with Gasteiger partial charge in [0.15, 0.2) is 0 Å². The van der Waals surface area contributed by atoms with Gasteiger partial charge in [-0.3, -0.25) is 9.59 Å². The second-order valence-corrected chi connectivity index (χ2v) is 4.96. The van der Waals surface area contributed by atoms with Crippen LogP contribution >= 0.6 is 0 Å². The van der Waals surface area contributed by atoms with Crippen molar-refractivity contribution in [3.8, 4) is 0 Å². The van der Waals surface area contributed by atoms with E-state index in [9.17, 15) is 9.59 Å². The number of aliphatic carboxylic acids is 1. The number of hydrogen-bond donors (Lipinski definition) is 2. The minimum absolute atomic E-state index is 0.0868. The molecule has 0 bridgehead atoms. The van der Waals surface area contributed by atoms with Crippen LogP contribution in [0.1, 0.15) is 32.1 Å². The average Bonchev–Trinajstić information content (AvgIpc) is 2.39. The van der Waals surface area contributed by atoms with Gasteiger partial charge in [0.1, 0.15) is 0 Å². The molecule has 2 N–H and O–H groups in total. The van der Waals surface area contributed by atoms with Crippen LogP contribution in [0, 0.1) is 5.92 Å². The van der Waals surface area contributed by atoms with Crippen molar-refractivity contribution < 1.29 is 14.7 Å². The number of likely N-dealkylation sites (tertiary alicyclic amines) is 1. The highest BCUT2D eigenvalue weighted by Crippen LogP contribution is 2.19. The van der Waals surface area contributed by atoms with Gasteiger partial charge in [0, 0.05) is 13.1 Å². The molecule has 2 fully saturated rings. The van der Waals surface area contributed by atoms with Gasteiger partial charge < -0.3 is 15.3 Å². The van der Waals surface area contributed by atoms with Crippen LogP contribution in [0.2, 0.25) is 0 Å². The van der Waals surface area contributed by atoms with Crippen molar-refractivity contribution >= 4 is 11.9 Å². The first-order valence-corrected chi connectivity index (χ1v) is 6.43. The number of carbonyl (C=O) groups is 2. The van der Waals surface area contributed by atoms with E-state index >= 15 is 0 Å². The smallest absolute Gasteiger partial charge is 0.308 e. The summed E-state index contributed by atoms with van der Waals surface area (Å²) in [5, 5.41) is 12.2. The van der Waals surface area contributed by atoms with Gasteiger partial charge >= 0.3 is 5.97 Å². The van der Waals surface area contributed by atoms with Gasteiger partial charge in [-0.25, -0.2) is 0 Å². The van der Waals surface area contributed by atoms with E-state index < -0.39 is 5.97 Å². The Morgan fingerprint density at radius 3 is 2.65 bits per heavy atom. The maximum Gasteiger partial charge on any atom is 0.308 e. The molecule has 2 saturated heterocycles. The fourth-order valence-electron chi connectivity index (χ4n) is 2.66. The summed E-state index contributed by atoms with van der Waals surface area (Å²) in [6.07, 6.45) is 4.58. The molecule has 0 aromatic heterocycles. The summed E-state index contributed by atoms with van der Waals surface area (Å²) in [4.78, 5) is 24.9. The van der Waals surface area contributed by atoms with Crippen LogP contribution in [0.5, 0.6) is 0 Å². The Morgan fingerprint density at radius 2 is 2.00 bits per heavy atom. The van der Waals surface area contributed by atoms with E-state index in [1.807, 2.05) is 0 Å². The van der Waals surface area contributed by atoms with Gasteiger partial charge in [-0.05, 0) is 32.2 Å². The Bertz CT molecular complexity index is 300. The second kappa shape index (κ2) is 5.49. The Morgan fingerprint density at radius 1 is 1.18 bits per heavy atom. The predicted octanol–water partition coefficient (Wildman–Crippen LogP) is 0.452. The highest BCUT2D eigenvalue weighted by Gasteiger charge is 2.31. The number of amides is 1. The van der Waals surface area contributed by atoms with E-state index in [1.54, 1.807) is 4.90 Å². The number of nitrogens with one attached hydrogen (secondary N) is 1. The highest BCUT2D eigenvalue weighted by molar-refractivity contribution is 5.83. The van der Waals surface area contributed by atoms with Gasteiger partial charge in [-0.15, -0.1) is 0 Å². The molecule has 2 aliphatic rings. The highest BCUT2D eigenvalue weighted by atomic mass is 16.4. The quantitative estimate of drug-likeness (QED) is 0.735. The number of rotatable bonds is 2. The van der Waals surface area contributed by atoms with Crippen molar-refractivity contribution in [2.24, 2.45) is 5.92 Å². The molecule has 0 aliphatic carbocycles. The molecule has 1 unspecified atom stereocenters. The standard InChI is InChI=1S/C12H20N2O3/c15-11(10-5-1-2-6-13-10)14-7-3-4-9(8-14)12(16)17/h9-10,13H,1-8H2,(H,16,17)/t9?,10-/m0/s1. The van der Waals surface area contributed by atoms with Crippen molar-refractivity contribution in [3.63, 3.8) is 0 Å². The molecule has 5 heteroatoms. The van der Waals surface area contributed by atoms with E-state index in [1.165, 1.54) is 0 Å². The van der Waals surface area contributed by atoms with Crippen LogP contribution in [0.4, 0.5) is 0 Å². The number of piperidine rings is 2. The SMILES string of the molecule is O=C(O)C1CCCN(C(=O)[C@@H]2CCCCN2)C1. The van der Waals surface area contributed by atoms with Gasteiger partial charge in [-0.1, -0.05) is 6.42 Å². The molecule has 17 heavy (non-hydrogen) atoms. The van der Waals surface area contributed by atoms with E-state index in [-0.39, 0.29) is 17.9 Å². The van der Waals surface area contributed by atoms with Crippen molar-refractivity contribution in [3.05, 3.63) is 0 Å². The zero-order chi connectivity index (χ0) is 12.3. The number of nitrogens with zero attached hydrogens (tertiary/aromatic N) is 1. The molecule has 0 radical (unpaired) electrons. The van der Waals surface area contributed by atoms with Gasteiger partial charge in [0.25, 0.3) is 0 Å². The number of carbonyl (C=O) groups excluding carboxylic acids is 1. The Kier molecular flexibility index (Phi) is 3.99. The minimum Gasteiger partial charge on any atom is -0.481 e. The van der Waals surface area contributed by atoms with E-state index in [4.69, 9.17) is 5.11 Å². The van der Waals surface area contributed by atoms with Gasteiger partial charge in [0.05, 0.1) is 12.0 Å². The molecule has 0 saturated carbocycles. The molecular formula is C12H20N2O3. The average molecular weight is 240 g/mol. The zero-order valence-electron chi connectivity index (χ0n) is 10.0. The molecule has 2 atom stereocenters. The van der Waals surface area contributed by atoms with Crippen LogP contribution in [0.15, 0.2) is 0 Å². The van der Waals surface area contributed by atoms with Gasteiger partial charge in [0.2, 0.25) is 5.91 Å². The van der Waals surface area contributed by atoms with Crippen molar-refractivity contribution in [2.45, 2.75) is 38.1 Å². The summed E-state index contributed by atoms with van der Waals surface area (Å²) in [5.74, 6) is -1.06. The summed E-state index contributed by atoms with van der Waals surface area (Å²) in [5.41, 5.74) is 0. The molecule has 96 valence electrons. The lowest BCUT2D eigenvalue weighted by Gasteiger charge is -2.34. The largest absolute Gasteiger partial charge is 0.481 e. The Hall–Kier alpha value is -1.10. The minimum atomic E-state index is -0.779. The lowest BCUT2D eigenvalue weighted by molar-refractivity contribution is -0.146. The topological polar surface area (TPSA) is 69.6 Å². The van der Waals surface area contributed by atoms with Crippen molar-refractivity contribution in [1.82, 2.24) is 10.2 Å². The molecule has 5 nitrogen and oxygen atoms in total. The van der Waals surface area contributed by atoms with Crippen molar-refractivity contribution in [1.29, 1.82) is 0 Å². The lowest BCUT2D eigenvalue weighted by atomic mass is 9.96. The first kappa shape index (κ1) is 12.4. The summed E-state index contributed by atoms with van der Waals surface area (Å²) < 4.78 is 0. The van der Waals surface area contributed by atoms with Crippen LogP contribution < -0.4 is 5.32 Å². The number of carboxylic acid groups (broad SMARTS) is 1. The first-order chi connectivity index (χ1) is 8.18. The normalized spacial score (nSPS) is 30.0. The molecule has 0 spiro atoms. The molecule has 0 aromatic rings. The molecule has 2 rings (SSSR count). The maximum atomic E-state index is 12.2. The summed E-state index contributed by atoms with van der Waals surface area (Å²) in [6.45, 7) is 1.99. The summed E-state index contributed by atoms with van der Waals surface area (Å²) in [6, 6.07) is -0.0868. The maximum absolute atomic E-state index is 12.2. The molecule has 2 heterocycles. The van der Waals surface area contributed by atoms with Gasteiger partial charge in [-0.2, -0.15) is 0 Å². The van der Waals surface area contributed by atoms with E-state index in [0.29, 0.717) is 19.5 Å². The van der Waals surface area contributed by atoms with Crippen LogP contribution in [0.25, 0.3) is 0 Å². The fraction of sp³-hybridized carbons (Fsp3) is 0.833. The fourth-order valence-corrected chi connectivity index (χ4v) is 2.66. The van der Waals surface area contributed by atoms with Crippen molar-refractivity contribution in [2.75, 3.05) is 19.6 Å².